The Morgan fingerprint density at radius 1 is 1.00 bits per heavy atom. The number of aromatic nitrogens is 2. The van der Waals surface area contributed by atoms with E-state index in [1.165, 1.54) is 12.1 Å². The Morgan fingerprint density at radius 3 is 2.26 bits per heavy atom. The molecule has 3 heterocycles. The molecule has 0 unspecified atom stereocenters. The van der Waals surface area contributed by atoms with Crippen LogP contribution >= 0.6 is 0 Å². The van der Waals surface area contributed by atoms with Crippen LogP contribution in [0.3, 0.4) is 0 Å². The smallest absolute Gasteiger partial charge is 0.475 e. The van der Waals surface area contributed by atoms with E-state index in [0.29, 0.717) is 22.6 Å². The lowest BCUT2D eigenvalue weighted by Gasteiger charge is -2.28. The van der Waals surface area contributed by atoms with E-state index in [2.05, 4.69) is 32.5 Å². The number of rotatable bonds is 5. The van der Waals surface area contributed by atoms with Crippen LogP contribution < -0.4 is 15.8 Å². The van der Waals surface area contributed by atoms with E-state index in [9.17, 15) is 22.4 Å². The summed E-state index contributed by atoms with van der Waals surface area (Å²) in [6.07, 6.45) is -3.43. The zero-order chi connectivity index (χ0) is 28.0. The maximum absolute atomic E-state index is 13.3. The second-order valence-electron chi connectivity index (χ2n) is 8.25. The number of nitrogens with zero attached hydrogens (tertiary/aromatic N) is 2. The summed E-state index contributed by atoms with van der Waals surface area (Å²) in [6.45, 7) is 3.25. The van der Waals surface area contributed by atoms with Gasteiger partial charge >= 0.3 is 17.8 Å². The molecule has 5 rings (SSSR count). The molecule has 9 nitrogen and oxygen atoms in total. The average Bonchev–Trinajstić information content (AvgIpc) is 3.31. The highest BCUT2D eigenvalue weighted by atomic mass is 19.4. The van der Waals surface area contributed by atoms with Crippen molar-refractivity contribution in [3.63, 3.8) is 0 Å². The number of aromatic amines is 1. The first-order valence-electron chi connectivity index (χ1n) is 11.6. The lowest BCUT2D eigenvalue weighted by Crippen LogP contribution is -2.36. The van der Waals surface area contributed by atoms with Gasteiger partial charge in [-0.2, -0.15) is 13.2 Å². The van der Waals surface area contributed by atoms with Gasteiger partial charge in [0.25, 0.3) is 0 Å². The Labute approximate surface area is 218 Å². The molecular formula is C26H22F4N4O5. The summed E-state index contributed by atoms with van der Waals surface area (Å²) in [7, 11) is 0. The van der Waals surface area contributed by atoms with E-state index in [4.69, 9.17) is 19.2 Å². The van der Waals surface area contributed by atoms with Crippen molar-refractivity contribution in [1.82, 2.24) is 10.1 Å². The zero-order valence-corrected chi connectivity index (χ0v) is 20.2. The van der Waals surface area contributed by atoms with Crippen molar-refractivity contribution in [2.75, 3.05) is 36.5 Å². The van der Waals surface area contributed by atoms with Gasteiger partial charge in [0.15, 0.2) is 0 Å². The van der Waals surface area contributed by atoms with Crippen LogP contribution in [0, 0.1) is 5.82 Å². The van der Waals surface area contributed by atoms with Gasteiger partial charge in [0.05, 0.1) is 24.5 Å². The fourth-order valence-corrected chi connectivity index (χ4v) is 3.76. The summed E-state index contributed by atoms with van der Waals surface area (Å²) >= 11 is 0. The highest BCUT2D eigenvalue weighted by Crippen LogP contribution is 2.30. The van der Waals surface area contributed by atoms with Crippen molar-refractivity contribution in [1.29, 1.82) is 0 Å². The Morgan fingerprint density at radius 2 is 1.64 bits per heavy atom. The van der Waals surface area contributed by atoms with Gasteiger partial charge in [-0.1, -0.05) is 12.1 Å². The second kappa shape index (κ2) is 11.8. The number of morpholine rings is 1. The Hall–Kier alpha value is -4.65. The van der Waals surface area contributed by atoms with Crippen LogP contribution in [0.5, 0.6) is 0 Å². The van der Waals surface area contributed by atoms with Crippen molar-refractivity contribution in [3.05, 3.63) is 83.1 Å². The minimum Gasteiger partial charge on any atom is -0.475 e. The third-order valence-corrected chi connectivity index (χ3v) is 5.64. The van der Waals surface area contributed by atoms with E-state index in [1.807, 2.05) is 18.2 Å². The number of H-pyrrole nitrogens is 1. The van der Waals surface area contributed by atoms with Gasteiger partial charge < -0.3 is 24.6 Å². The molecule has 2 aromatic carbocycles. The number of benzene rings is 2. The predicted octanol–water partition coefficient (Wildman–Crippen LogP) is 5.05. The Kier molecular flexibility index (Phi) is 8.30. The monoisotopic (exact) mass is 546 g/mol. The molecule has 0 aliphatic carbocycles. The molecule has 0 amide bonds. The van der Waals surface area contributed by atoms with Crippen LogP contribution in [0.1, 0.15) is 0 Å². The highest BCUT2D eigenvalue weighted by Gasteiger charge is 2.38. The molecule has 13 heteroatoms. The Bertz CT molecular complexity index is 1460. The molecule has 3 N–H and O–H groups in total. The molecule has 0 radical (unpaired) electrons. The van der Waals surface area contributed by atoms with E-state index >= 15 is 0 Å². The quantitative estimate of drug-likeness (QED) is 0.298. The predicted molar refractivity (Wildman–Crippen MR) is 134 cm³/mol. The molecule has 2 aromatic heterocycles. The molecule has 1 fully saturated rings. The lowest BCUT2D eigenvalue weighted by molar-refractivity contribution is -0.192. The third kappa shape index (κ3) is 7.02. The number of carbonyl (C=O) groups is 1. The summed E-state index contributed by atoms with van der Waals surface area (Å²) < 4.78 is 55.5. The van der Waals surface area contributed by atoms with Crippen molar-refractivity contribution in [2.24, 2.45) is 0 Å². The number of halogens is 4. The van der Waals surface area contributed by atoms with E-state index in [1.54, 1.807) is 24.4 Å². The molecule has 204 valence electrons. The number of anilines is 3. The van der Waals surface area contributed by atoms with Gasteiger partial charge in [-0.15, -0.1) is 0 Å². The van der Waals surface area contributed by atoms with Gasteiger partial charge in [0.2, 0.25) is 0 Å². The van der Waals surface area contributed by atoms with Crippen molar-refractivity contribution in [2.45, 2.75) is 6.18 Å². The SMILES string of the molecule is O=C(O)C(F)(F)F.O=c1o[nH]c(-c2ccnc(Nc3ccc(N4CCOCC4)cc3)c2)c1-c1ccc(F)cc1. The molecule has 39 heavy (non-hydrogen) atoms. The van der Waals surface area contributed by atoms with Gasteiger partial charge in [-0.25, -0.2) is 24.1 Å². The van der Waals surface area contributed by atoms with Gasteiger partial charge in [0.1, 0.15) is 11.6 Å². The highest BCUT2D eigenvalue weighted by molar-refractivity contribution is 5.81. The third-order valence-electron chi connectivity index (χ3n) is 5.64. The molecule has 4 aromatic rings. The Balaban J connectivity index is 0.000000448. The van der Waals surface area contributed by atoms with Crippen LogP contribution in [0.2, 0.25) is 0 Å². The molecular weight excluding hydrogens is 524 g/mol. The molecule has 0 atom stereocenters. The molecule has 1 aliphatic rings. The molecule has 0 bridgehead atoms. The van der Waals surface area contributed by atoms with Crippen LogP contribution in [0.25, 0.3) is 22.4 Å². The lowest BCUT2D eigenvalue weighted by atomic mass is 10.0. The molecule has 0 saturated carbocycles. The average molecular weight is 546 g/mol. The molecule has 1 aliphatic heterocycles. The molecule has 0 spiro atoms. The summed E-state index contributed by atoms with van der Waals surface area (Å²) in [5, 5.41) is 13.1. The standard InChI is InChI=1S/C24H21FN4O3.C2HF3O2/c25-18-3-1-16(2-4-18)22-23(28-32-24(22)30)17-9-10-26-21(15-17)27-19-5-7-20(8-6-19)29-11-13-31-14-12-29;3-2(4,5)1(6)7/h1-10,15,28H,11-14H2,(H,26,27);(H,6,7). The topological polar surface area (TPSA) is 121 Å². The summed E-state index contributed by atoms with van der Waals surface area (Å²) in [6, 6.07) is 17.5. The van der Waals surface area contributed by atoms with Crippen LogP contribution in [-0.4, -0.2) is 53.7 Å². The van der Waals surface area contributed by atoms with E-state index in [-0.39, 0.29) is 5.82 Å². The number of hydrogen-bond acceptors (Lipinski definition) is 7. The van der Waals surface area contributed by atoms with Crippen molar-refractivity contribution >= 4 is 23.2 Å². The van der Waals surface area contributed by atoms with E-state index < -0.39 is 17.8 Å². The summed E-state index contributed by atoms with van der Waals surface area (Å²) in [5.41, 5.74) is 3.67. The van der Waals surface area contributed by atoms with Gasteiger partial charge in [-0.05, 0) is 54.1 Å². The largest absolute Gasteiger partial charge is 0.490 e. The first kappa shape index (κ1) is 27.4. The summed E-state index contributed by atoms with van der Waals surface area (Å²) in [5.74, 6) is -2.51. The van der Waals surface area contributed by atoms with Gasteiger partial charge in [-0.3, -0.25) is 0 Å². The maximum Gasteiger partial charge on any atom is 0.490 e. The van der Waals surface area contributed by atoms with E-state index in [0.717, 1.165) is 43.2 Å². The fraction of sp³-hybridized carbons (Fsp3) is 0.192. The van der Waals surface area contributed by atoms with Crippen LogP contribution in [0.15, 0.2) is 76.2 Å². The number of ether oxygens (including phenoxy) is 1. The number of alkyl halides is 3. The minimum atomic E-state index is -5.08. The normalized spacial score (nSPS) is 13.4. The fourth-order valence-electron chi connectivity index (χ4n) is 3.76. The van der Waals surface area contributed by atoms with Crippen molar-refractivity contribution in [3.8, 4) is 22.4 Å². The van der Waals surface area contributed by atoms with Crippen LogP contribution in [-0.2, 0) is 9.53 Å². The number of pyridine rings is 1. The molecule has 1 saturated heterocycles. The number of hydrogen-bond donors (Lipinski definition) is 3. The summed E-state index contributed by atoms with van der Waals surface area (Å²) in [4.78, 5) is 27.9. The minimum absolute atomic E-state index is 0.344. The van der Waals surface area contributed by atoms with Crippen molar-refractivity contribution < 1.29 is 36.7 Å². The first-order valence-corrected chi connectivity index (χ1v) is 11.6. The number of nitrogens with one attached hydrogen (secondary N) is 2. The van der Waals surface area contributed by atoms with Crippen LogP contribution in [0.4, 0.5) is 34.8 Å². The first-order chi connectivity index (χ1) is 18.6. The second-order valence-corrected chi connectivity index (χ2v) is 8.25. The zero-order valence-electron chi connectivity index (χ0n) is 20.2. The maximum atomic E-state index is 13.3. The number of carboxylic acid groups (broad SMARTS) is 1. The number of carboxylic acids is 1. The van der Waals surface area contributed by atoms with Gasteiger partial charge in [0, 0.05) is 36.2 Å². The number of aliphatic carboxylic acids is 1.